The van der Waals surface area contributed by atoms with Crippen LogP contribution in [0.5, 0.6) is 0 Å². The van der Waals surface area contributed by atoms with Crippen LogP contribution in [0, 0.1) is 0 Å². The van der Waals surface area contributed by atoms with Gasteiger partial charge in [0.05, 0.1) is 0 Å². The largest absolute Gasteiger partial charge is 0.462 e. The smallest absolute Gasteiger partial charge is 0.306 e. The standard InChI is InChI=1S/C57H104O6/c1-4-7-10-13-16-19-22-25-26-27-28-29-30-33-35-38-41-44-47-50-56(59)62-53-54(63-57(60)51-48-45-42-39-36-32-24-21-18-15-12-9-6-3)52-61-55(58)49-46-43-40-37-34-31-23-20-17-14-11-8-5-2/h9,12,15,18,21,24,54H,4-8,10-11,13-14,16-17,19-20,22-23,25-53H2,1-3H3/b12-9-,18-15-,24-21-. The van der Waals surface area contributed by atoms with Crippen LogP contribution in [0.1, 0.15) is 290 Å². The molecule has 0 N–H and O–H groups in total. The lowest BCUT2D eigenvalue weighted by Crippen LogP contribution is -2.30. The van der Waals surface area contributed by atoms with E-state index >= 15 is 0 Å². The molecule has 1 unspecified atom stereocenters. The van der Waals surface area contributed by atoms with Crippen LogP contribution in [0.25, 0.3) is 0 Å². The predicted octanol–water partition coefficient (Wildman–Crippen LogP) is 18.1. The van der Waals surface area contributed by atoms with E-state index in [0.717, 1.165) is 83.5 Å². The number of allylic oxidation sites excluding steroid dienone is 6. The molecule has 0 aromatic heterocycles. The summed E-state index contributed by atoms with van der Waals surface area (Å²) in [5.41, 5.74) is 0. The van der Waals surface area contributed by atoms with Gasteiger partial charge >= 0.3 is 17.9 Å². The maximum Gasteiger partial charge on any atom is 0.306 e. The highest BCUT2D eigenvalue weighted by Crippen LogP contribution is 2.17. The SMILES string of the molecule is CC\C=C/C=C\C=C/CCCCCCCC(=O)OC(COC(=O)CCCCCCCCCCCCCCC)COC(=O)CCCCCCCCCCCCCCCCCCCCC. The summed E-state index contributed by atoms with van der Waals surface area (Å²) in [5.74, 6) is -0.881. The molecule has 6 nitrogen and oxygen atoms in total. The molecule has 0 spiro atoms. The molecule has 0 aliphatic rings. The first-order valence-electron chi connectivity index (χ1n) is 27.5. The Morgan fingerprint density at radius 1 is 0.333 bits per heavy atom. The highest BCUT2D eigenvalue weighted by molar-refractivity contribution is 5.71. The van der Waals surface area contributed by atoms with E-state index in [4.69, 9.17) is 14.2 Å². The normalized spacial score (nSPS) is 12.2. The van der Waals surface area contributed by atoms with E-state index in [1.54, 1.807) is 0 Å². The molecule has 0 heterocycles. The second-order valence-electron chi connectivity index (χ2n) is 18.5. The molecule has 1 atom stereocenters. The van der Waals surface area contributed by atoms with E-state index in [-0.39, 0.29) is 31.1 Å². The molecule has 0 aliphatic carbocycles. The number of hydrogen-bond donors (Lipinski definition) is 0. The average molecular weight is 885 g/mol. The van der Waals surface area contributed by atoms with Gasteiger partial charge in [-0.05, 0) is 38.5 Å². The zero-order valence-electron chi connectivity index (χ0n) is 42.1. The molecule has 0 radical (unpaired) electrons. The number of esters is 3. The van der Waals surface area contributed by atoms with Crippen molar-refractivity contribution >= 4 is 17.9 Å². The van der Waals surface area contributed by atoms with E-state index in [2.05, 4.69) is 57.2 Å². The summed E-state index contributed by atoms with van der Waals surface area (Å²) in [4.78, 5) is 38.0. The van der Waals surface area contributed by atoms with Gasteiger partial charge in [0, 0.05) is 19.3 Å². The van der Waals surface area contributed by atoms with Crippen molar-refractivity contribution in [3.05, 3.63) is 36.5 Å². The number of unbranched alkanes of at least 4 members (excludes halogenated alkanes) is 35. The predicted molar refractivity (Wildman–Crippen MR) is 270 cm³/mol. The molecular weight excluding hydrogens is 781 g/mol. The summed E-state index contributed by atoms with van der Waals surface area (Å²) in [6.45, 7) is 6.53. The van der Waals surface area contributed by atoms with Crippen molar-refractivity contribution < 1.29 is 28.6 Å². The first kappa shape index (κ1) is 60.6. The quantitative estimate of drug-likeness (QED) is 0.0262. The van der Waals surface area contributed by atoms with Crippen molar-refractivity contribution in [1.29, 1.82) is 0 Å². The first-order valence-corrected chi connectivity index (χ1v) is 27.5. The highest BCUT2D eigenvalue weighted by Gasteiger charge is 2.19. The molecule has 63 heavy (non-hydrogen) atoms. The number of rotatable bonds is 50. The van der Waals surface area contributed by atoms with Crippen molar-refractivity contribution in [3.63, 3.8) is 0 Å². The summed E-state index contributed by atoms with van der Waals surface area (Å²) >= 11 is 0. The van der Waals surface area contributed by atoms with Gasteiger partial charge < -0.3 is 14.2 Å². The first-order chi connectivity index (χ1) is 31.0. The van der Waals surface area contributed by atoms with Gasteiger partial charge in [0.25, 0.3) is 0 Å². The summed E-state index contributed by atoms with van der Waals surface area (Å²) in [5, 5.41) is 0. The lowest BCUT2D eigenvalue weighted by molar-refractivity contribution is -0.167. The molecule has 0 rings (SSSR count). The van der Waals surface area contributed by atoms with Gasteiger partial charge in [-0.25, -0.2) is 0 Å². The van der Waals surface area contributed by atoms with Gasteiger partial charge in [0.15, 0.2) is 6.10 Å². The summed E-state index contributed by atoms with van der Waals surface area (Å²) < 4.78 is 16.8. The fourth-order valence-corrected chi connectivity index (χ4v) is 8.09. The van der Waals surface area contributed by atoms with Gasteiger partial charge in [-0.1, -0.05) is 269 Å². The van der Waals surface area contributed by atoms with Crippen LogP contribution in [0.3, 0.4) is 0 Å². The third kappa shape index (κ3) is 50.5. The fourth-order valence-electron chi connectivity index (χ4n) is 8.09. The van der Waals surface area contributed by atoms with E-state index in [1.807, 2.05) is 0 Å². The van der Waals surface area contributed by atoms with Crippen molar-refractivity contribution in [1.82, 2.24) is 0 Å². The van der Waals surface area contributed by atoms with E-state index in [9.17, 15) is 14.4 Å². The van der Waals surface area contributed by atoms with Gasteiger partial charge in [-0.2, -0.15) is 0 Å². The van der Waals surface area contributed by atoms with Crippen molar-refractivity contribution in [2.24, 2.45) is 0 Å². The Bertz CT molecular complexity index is 1060. The molecule has 0 amide bonds. The number of hydrogen-bond acceptors (Lipinski definition) is 6. The minimum Gasteiger partial charge on any atom is -0.462 e. The minimum absolute atomic E-state index is 0.0761. The molecule has 0 aromatic rings. The Labute approximate surface area is 391 Å². The van der Waals surface area contributed by atoms with Crippen molar-refractivity contribution in [3.8, 4) is 0 Å². The van der Waals surface area contributed by atoms with E-state index in [0.29, 0.717) is 19.3 Å². The molecule has 0 bridgehead atoms. The molecule has 0 saturated carbocycles. The second-order valence-corrected chi connectivity index (χ2v) is 18.5. The van der Waals surface area contributed by atoms with Gasteiger partial charge in [-0.3, -0.25) is 14.4 Å². The van der Waals surface area contributed by atoms with Crippen LogP contribution in [-0.2, 0) is 28.6 Å². The summed E-state index contributed by atoms with van der Waals surface area (Å²) in [6.07, 6.45) is 61.3. The average Bonchev–Trinajstić information content (AvgIpc) is 3.28. The maximum atomic E-state index is 12.8. The number of ether oxygens (including phenoxy) is 3. The highest BCUT2D eigenvalue weighted by atomic mass is 16.6. The summed E-state index contributed by atoms with van der Waals surface area (Å²) in [6, 6.07) is 0. The Morgan fingerprint density at radius 2 is 0.619 bits per heavy atom. The van der Waals surface area contributed by atoms with Crippen LogP contribution >= 0.6 is 0 Å². The Hall–Kier alpha value is -2.37. The van der Waals surface area contributed by atoms with Gasteiger partial charge in [0.1, 0.15) is 13.2 Å². The second kappa shape index (κ2) is 52.3. The fraction of sp³-hybridized carbons (Fsp3) is 0.842. The van der Waals surface area contributed by atoms with Crippen LogP contribution in [0.2, 0.25) is 0 Å². The minimum atomic E-state index is -0.777. The molecular formula is C57H104O6. The maximum absolute atomic E-state index is 12.8. The van der Waals surface area contributed by atoms with Gasteiger partial charge in [0.2, 0.25) is 0 Å². The van der Waals surface area contributed by atoms with Gasteiger partial charge in [-0.15, -0.1) is 0 Å². The van der Waals surface area contributed by atoms with E-state index in [1.165, 1.54) is 167 Å². The Kier molecular flexibility index (Phi) is 50.3. The lowest BCUT2D eigenvalue weighted by atomic mass is 10.0. The van der Waals surface area contributed by atoms with Crippen LogP contribution in [0.15, 0.2) is 36.5 Å². The summed E-state index contributed by atoms with van der Waals surface area (Å²) in [7, 11) is 0. The molecule has 0 aromatic carbocycles. The molecule has 6 heteroatoms. The Balaban J connectivity index is 4.30. The molecule has 0 fully saturated rings. The lowest BCUT2D eigenvalue weighted by Gasteiger charge is -2.18. The third-order valence-corrected chi connectivity index (χ3v) is 12.2. The van der Waals surface area contributed by atoms with Crippen molar-refractivity contribution in [2.75, 3.05) is 13.2 Å². The van der Waals surface area contributed by atoms with E-state index < -0.39 is 6.10 Å². The van der Waals surface area contributed by atoms with Crippen LogP contribution in [0.4, 0.5) is 0 Å². The molecule has 0 aliphatic heterocycles. The topological polar surface area (TPSA) is 78.9 Å². The van der Waals surface area contributed by atoms with Crippen molar-refractivity contribution in [2.45, 2.75) is 297 Å². The molecule has 368 valence electrons. The zero-order valence-corrected chi connectivity index (χ0v) is 42.1. The molecule has 0 saturated heterocycles. The third-order valence-electron chi connectivity index (χ3n) is 12.2. The number of carbonyl (C=O) groups is 3. The number of carbonyl (C=O) groups excluding carboxylic acids is 3. The monoisotopic (exact) mass is 885 g/mol. The Morgan fingerprint density at radius 3 is 0.952 bits per heavy atom. The van der Waals surface area contributed by atoms with Crippen LogP contribution in [-0.4, -0.2) is 37.2 Å². The zero-order chi connectivity index (χ0) is 45.8. The van der Waals surface area contributed by atoms with Crippen LogP contribution < -0.4 is 0 Å².